The number of hydrogen-bond acceptors (Lipinski definition) is 10. The summed E-state index contributed by atoms with van der Waals surface area (Å²) >= 11 is 0. The maximum atomic E-state index is 14.1. The van der Waals surface area contributed by atoms with Crippen molar-refractivity contribution < 1.29 is 47.5 Å². The van der Waals surface area contributed by atoms with Crippen LogP contribution in [-0.2, 0) is 52.0 Å². The van der Waals surface area contributed by atoms with E-state index >= 15 is 0 Å². The van der Waals surface area contributed by atoms with Gasteiger partial charge in [0.2, 0.25) is 0 Å². The van der Waals surface area contributed by atoms with Crippen LogP contribution in [0.1, 0.15) is 62.4 Å². The Kier molecular flexibility index (Phi) is 17.3. The van der Waals surface area contributed by atoms with Gasteiger partial charge >= 0.3 is 0 Å². The van der Waals surface area contributed by atoms with E-state index < -0.39 is 24.3 Å². The first-order chi connectivity index (χ1) is 34.2. The Bertz CT molecular complexity index is 2710. The number of hydrogen-bond donors (Lipinski definition) is 2. The van der Waals surface area contributed by atoms with Gasteiger partial charge in [0.05, 0.1) is 6.61 Å². The van der Waals surface area contributed by atoms with Crippen molar-refractivity contribution in [2.75, 3.05) is 19.7 Å². The molecule has 1 heterocycles. The van der Waals surface area contributed by atoms with E-state index in [-0.39, 0.29) is 51.3 Å². The largest absolute Gasteiger partial charge is 0.485 e. The average molecular weight is 943 g/mol. The Morgan fingerprint density at radius 3 is 1.23 bits per heavy atom. The first kappa shape index (κ1) is 49.0. The summed E-state index contributed by atoms with van der Waals surface area (Å²) in [5.41, 5.74) is 5.53. The molecule has 3 atom stereocenters. The Balaban J connectivity index is 1.00. The number of nitrogens with one attached hydrogen (secondary N) is 2. The lowest BCUT2D eigenvalue weighted by molar-refractivity contribution is -0.325. The van der Waals surface area contributed by atoms with Gasteiger partial charge in [-0.05, 0) is 78.1 Å². The lowest BCUT2D eigenvalue weighted by Gasteiger charge is -2.40. The van der Waals surface area contributed by atoms with Gasteiger partial charge in [-0.1, -0.05) is 152 Å². The van der Waals surface area contributed by atoms with Crippen molar-refractivity contribution in [2.45, 2.75) is 71.2 Å². The van der Waals surface area contributed by atoms with E-state index in [1.807, 2.05) is 152 Å². The van der Waals surface area contributed by atoms with Gasteiger partial charge in [0.1, 0.15) is 45.2 Å². The fourth-order valence-corrected chi connectivity index (χ4v) is 7.56. The molecule has 8 rings (SSSR count). The highest BCUT2D eigenvalue weighted by atomic mass is 16.8. The summed E-state index contributed by atoms with van der Waals surface area (Å²) in [5.74, 6) is -0.0928. The molecule has 1 aliphatic heterocycles. The van der Waals surface area contributed by atoms with Crippen molar-refractivity contribution >= 4 is 11.8 Å². The molecule has 0 aliphatic carbocycles. The van der Waals surface area contributed by atoms with Crippen LogP contribution >= 0.6 is 0 Å². The van der Waals surface area contributed by atoms with Crippen LogP contribution in [0.3, 0.4) is 0 Å². The first-order valence-corrected chi connectivity index (χ1v) is 23.4. The first-order valence-electron chi connectivity index (χ1n) is 23.4. The van der Waals surface area contributed by atoms with Crippen LogP contribution in [0, 0.1) is 0 Å². The highest BCUT2D eigenvalue weighted by Crippen LogP contribution is 2.32. The minimum absolute atomic E-state index is 0.0158. The lowest BCUT2D eigenvalue weighted by Crippen LogP contribution is -2.54. The van der Waals surface area contributed by atoms with Crippen LogP contribution in [0.15, 0.2) is 188 Å². The van der Waals surface area contributed by atoms with Crippen molar-refractivity contribution in [2.24, 2.45) is 0 Å². The number of benzene rings is 7. The van der Waals surface area contributed by atoms with Gasteiger partial charge in [0, 0.05) is 24.2 Å². The third kappa shape index (κ3) is 14.8. The zero-order chi connectivity index (χ0) is 48.4. The van der Waals surface area contributed by atoms with Crippen LogP contribution < -0.4 is 29.6 Å². The van der Waals surface area contributed by atoms with Crippen LogP contribution in [0.5, 0.6) is 23.0 Å². The predicted molar refractivity (Wildman–Crippen MR) is 265 cm³/mol. The second-order valence-corrected chi connectivity index (χ2v) is 17.1. The Labute approximate surface area is 409 Å². The maximum Gasteiger partial charge on any atom is 0.251 e. The van der Waals surface area contributed by atoms with E-state index in [4.69, 9.17) is 37.9 Å². The Morgan fingerprint density at radius 2 is 0.829 bits per heavy atom. The molecular weight excluding hydrogens is 885 g/mol. The van der Waals surface area contributed by atoms with Crippen molar-refractivity contribution in [1.82, 2.24) is 10.6 Å². The molecule has 0 unspecified atom stereocenters. The molecule has 360 valence electrons. The molecule has 2 amide bonds. The van der Waals surface area contributed by atoms with E-state index in [1.165, 1.54) is 0 Å². The van der Waals surface area contributed by atoms with Gasteiger partial charge in [-0.15, -0.1) is 0 Å². The molecule has 7 aromatic carbocycles. The summed E-state index contributed by atoms with van der Waals surface area (Å²) < 4.78 is 50.6. The molecular formula is C58H58N2O10. The number of carbonyl (C=O) groups is 2. The van der Waals surface area contributed by atoms with Crippen molar-refractivity contribution in [3.8, 4) is 23.0 Å². The highest BCUT2D eigenvalue weighted by Gasteiger charge is 2.37. The van der Waals surface area contributed by atoms with Gasteiger partial charge < -0.3 is 48.5 Å². The number of amides is 2. The van der Waals surface area contributed by atoms with Gasteiger partial charge in [-0.2, -0.15) is 0 Å². The van der Waals surface area contributed by atoms with E-state index in [1.54, 1.807) is 50.2 Å². The highest BCUT2D eigenvalue weighted by molar-refractivity contribution is 5.95. The van der Waals surface area contributed by atoms with Crippen molar-refractivity contribution in [3.63, 3.8) is 0 Å². The summed E-state index contributed by atoms with van der Waals surface area (Å²) in [7, 11) is 0. The van der Waals surface area contributed by atoms with Gasteiger partial charge in [0.15, 0.2) is 35.1 Å². The number of carbonyl (C=O) groups excluding carboxylic acids is 2. The SMILES string of the molecule is CC1(C)OC[C@H](OCc2ccccc2)O[C@H](CNC(=O)c2ccc(OCc3ccccc3)c(OCc3ccccc3)c2)[C@H](CNC(=O)c2ccc(OCc3ccccc3)c(OCc3ccccc3)c2)O1. The molecule has 0 spiro atoms. The van der Waals surface area contributed by atoms with Crippen molar-refractivity contribution in [3.05, 3.63) is 227 Å². The van der Waals surface area contributed by atoms with Gasteiger partial charge in [-0.25, -0.2) is 0 Å². The molecule has 1 aliphatic rings. The summed E-state index contributed by atoms with van der Waals surface area (Å²) in [4.78, 5) is 28.2. The van der Waals surface area contributed by atoms with E-state index in [2.05, 4.69) is 10.6 Å². The fourth-order valence-electron chi connectivity index (χ4n) is 7.56. The smallest absolute Gasteiger partial charge is 0.251 e. The Morgan fingerprint density at radius 1 is 0.471 bits per heavy atom. The standard InChI is InChI=1S/C58H58N2O10/c1-58(2)68-41-55(67-40-46-26-16-7-17-27-46)69-53(34-59-56(61)47-28-30-49(63-36-42-18-8-3-9-19-42)51(32-47)65-38-44-22-12-5-13-23-44)54(70-58)35-60-57(62)48-29-31-50(64-37-43-20-10-4-11-21-43)52(33-48)66-39-45-24-14-6-15-25-45/h3-33,53-55H,34-41H2,1-2H3,(H,59,61)(H,60,62)/t53-,54+,55-/m1/s1. The summed E-state index contributed by atoms with van der Waals surface area (Å²) in [5, 5.41) is 6.09. The normalized spacial score (nSPS) is 16.5. The second-order valence-electron chi connectivity index (χ2n) is 17.1. The minimum atomic E-state index is -1.13. The van der Waals surface area contributed by atoms with Crippen LogP contribution in [-0.4, -0.2) is 55.8 Å². The third-order valence-corrected chi connectivity index (χ3v) is 11.3. The molecule has 0 aromatic heterocycles. The Hall–Kier alpha value is -7.48. The quantitative estimate of drug-likeness (QED) is 0.0718. The summed E-state index contributed by atoms with van der Waals surface area (Å²) in [6.45, 7) is 5.01. The second kappa shape index (κ2) is 24.7. The molecule has 12 heteroatoms. The van der Waals surface area contributed by atoms with E-state index in [0.29, 0.717) is 47.3 Å². The molecule has 0 radical (unpaired) electrons. The number of ether oxygens (including phenoxy) is 8. The van der Waals surface area contributed by atoms with E-state index in [0.717, 1.165) is 27.8 Å². The monoisotopic (exact) mass is 942 g/mol. The van der Waals surface area contributed by atoms with E-state index in [9.17, 15) is 9.59 Å². The maximum absolute atomic E-state index is 14.1. The fraction of sp³-hybridized carbons (Fsp3) is 0.241. The van der Waals surface area contributed by atoms with Crippen LogP contribution in [0.2, 0.25) is 0 Å². The topological polar surface area (TPSA) is 132 Å². The minimum Gasteiger partial charge on any atom is -0.485 e. The molecule has 1 fully saturated rings. The number of rotatable bonds is 21. The molecule has 7 aromatic rings. The lowest BCUT2D eigenvalue weighted by atomic mass is 10.1. The molecule has 12 nitrogen and oxygen atoms in total. The predicted octanol–water partition coefficient (Wildman–Crippen LogP) is 10.2. The van der Waals surface area contributed by atoms with Crippen LogP contribution in [0.25, 0.3) is 0 Å². The molecule has 70 heavy (non-hydrogen) atoms. The van der Waals surface area contributed by atoms with Crippen LogP contribution in [0.4, 0.5) is 0 Å². The molecule has 0 saturated carbocycles. The zero-order valence-electron chi connectivity index (χ0n) is 39.4. The third-order valence-electron chi connectivity index (χ3n) is 11.3. The molecule has 0 bridgehead atoms. The van der Waals surface area contributed by atoms with Crippen molar-refractivity contribution in [1.29, 1.82) is 0 Å². The average Bonchev–Trinajstić information content (AvgIpc) is 3.40. The zero-order valence-corrected chi connectivity index (χ0v) is 39.4. The van der Waals surface area contributed by atoms with Gasteiger partial charge in [-0.3, -0.25) is 9.59 Å². The summed E-state index contributed by atoms with van der Waals surface area (Å²) in [6.07, 6.45) is -2.51. The molecule has 1 saturated heterocycles. The summed E-state index contributed by atoms with van der Waals surface area (Å²) in [6, 6.07) is 59.1. The van der Waals surface area contributed by atoms with Gasteiger partial charge in [0.25, 0.3) is 11.8 Å². The molecule has 2 N–H and O–H groups in total.